The molecule has 4 nitrogen and oxygen atoms in total. The zero-order chi connectivity index (χ0) is 44.2. The van der Waals surface area contributed by atoms with E-state index in [2.05, 4.69) is 253 Å². The topological polar surface area (TPSA) is 14.1 Å². The number of anilines is 9. The molecular weight excluding hydrogens is 763 g/mol. The van der Waals surface area contributed by atoms with Crippen LogP contribution in [0.25, 0.3) is 5.52 Å². The Labute approximate surface area is 375 Å². The zero-order valence-electron chi connectivity index (χ0n) is 38.9. The summed E-state index contributed by atoms with van der Waals surface area (Å²) in [4.78, 5) is 7.52. The van der Waals surface area contributed by atoms with Gasteiger partial charge in [0, 0.05) is 57.2 Å². The van der Waals surface area contributed by atoms with Crippen molar-refractivity contribution in [3.8, 4) is 0 Å². The molecule has 0 saturated heterocycles. The minimum atomic E-state index is -0.00456. The Morgan fingerprint density at radius 3 is 1.51 bits per heavy atom. The van der Waals surface area contributed by atoms with Crippen molar-refractivity contribution in [3.05, 3.63) is 186 Å². The number of nitrogens with zero attached hydrogens (tertiary/aromatic N) is 4. The Morgan fingerprint density at radius 1 is 0.444 bits per heavy atom. The van der Waals surface area contributed by atoms with E-state index >= 15 is 0 Å². The molecule has 0 amide bonds. The number of fused-ring (bicyclic) bond motifs is 6. The summed E-state index contributed by atoms with van der Waals surface area (Å²) in [5, 5.41) is 0. The van der Waals surface area contributed by atoms with Crippen LogP contribution in [0.2, 0.25) is 0 Å². The standard InChI is InChI=1S/C58H59BN4/c1-38-33-40(56(3,4)5)26-31-49(38)62(50-32-27-41(34-39(50)2)57(6,7)8)46-29-30-47-53(36-46)61(43-19-14-12-15-20-43)51-23-18-24-52-54(51)59(47)48-35-45-28-25-42(58(9,10)11)37-60(45)55(48)63(52)44-21-16-13-17-22-44/h12-37H,1-11H3. The Bertz CT molecular complexity index is 2990. The van der Waals surface area contributed by atoms with Crippen molar-refractivity contribution in [1.29, 1.82) is 0 Å². The lowest BCUT2D eigenvalue weighted by Crippen LogP contribution is -2.61. The number of pyridine rings is 1. The van der Waals surface area contributed by atoms with Crippen molar-refractivity contribution in [3.63, 3.8) is 0 Å². The molecule has 2 aliphatic heterocycles. The van der Waals surface area contributed by atoms with Gasteiger partial charge in [-0.05, 0) is 147 Å². The summed E-state index contributed by atoms with van der Waals surface area (Å²) in [7, 11) is 0. The summed E-state index contributed by atoms with van der Waals surface area (Å²) in [6, 6.07) is 57.2. The molecular formula is C58H59BN4. The van der Waals surface area contributed by atoms with Gasteiger partial charge in [0.05, 0.1) is 0 Å². The fraction of sp³-hybridized carbons (Fsp3) is 0.241. The monoisotopic (exact) mass is 822 g/mol. The van der Waals surface area contributed by atoms with Gasteiger partial charge in [0.15, 0.2) is 0 Å². The van der Waals surface area contributed by atoms with Gasteiger partial charge in [-0.3, -0.25) is 4.90 Å². The first-order chi connectivity index (χ1) is 30.0. The van der Waals surface area contributed by atoms with Gasteiger partial charge >= 0.3 is 0 Å². The van der Waals surface area contributed by atoms with Crippen molar-refractivity contribution in [1.82, 2.24) is 4.40 Å². The normalized spacial score (nSPS) is 13.5. The summed E-state index contributed by atoms with van der Waals surface area (Å²) in [5.74, 6) is 1.20. The third-order valence-corrected chi connectivity index (χ3v) is 13.4. The Morgan fingerprint density at radius 2 is 0.968 bits per heavy atom. The molecule has 0 atom stereocenters. The molecule has 2 aliphatic rings. The van der Waals surface area contributed by atoms with Gasteiger partial charge in [-0.2, -0.15) is 0 Å². The van der Waals surface area contributed by atoms with E-state index in [1.807, 2.05) is 0 Å². The lowest BCUT2D eigenvalue weighted by atomic mass is 9.34. The highest BCUT2D eigenvalue weighted by Crippen LogP contribution is 2.47. The second kappa shape index (κ2) is 14.6. The average Bonchev–Trinajstić information content (AvgIpc) is 3.63. The maximum absolute atomic E-state index is 2.51. The van der Waals surface area contributed by atoms with Crippen molar-refractivity contribution in [2.45, 2.75) is 92.4 Å². The van der Waals surface area contributed by atoms with E-state index in [0.29, 0.717) is 0 Å². The van der Waals surface area contributed by atoms with Gasteiger partial charge in [-0.15, -0.1) is 0 Å². The number of benzene rings is 6. The number of hydrogen-bond donors (Lipinski definition) is 0. The molecule has 0 saturated carbocycles. The molecule has 0 aliphatic carbocycles. The summed E-state index contributed by atoms with van der Waals surface area (Å²) in [5.41, 5.74) is 21.1. The van der Waals surface area contributed by atoms with E-state index in [4.69, 9.17) is 0 Å². The molecule has 0 N–H and O–H groups in total. The van der Waals surface area contributed by atoms with Crippen LogP contribution in [0.5, 0.6) is 0 Å². The van der Waals surface area contributed by atoms with Crippen LogP contribution < -0.4 is 31.1 Å². The van der Waals surface area contributed by atoms with E-state index in [0.717, 1.165) is 17.1 Å². The van der Waals surface area contributed by atoms with E-state index in [9.17, 15) is 0 Å². The van der Waals surface area contributed by atoms with Gasteiger partial charge < -0.3 is 14.2 Å². The minimum absolute atomic E-state index is 0.00206. The second-order valence-electron chi connectivity index (χ2n) is 21.0. The highest BCUT2D eigenvalue weighted by Gasteiger charge is 2.45. The van der Waals surface area contributed by atoms with Crippen molar-refractivity contribution in [2.75, 3.05) is 14.7 Å². The molecule has 0 spiro atoms. The molecule has 4 heterocycles. The van der Waals surface area contributed by atoms with Gasteiger partial charge in [-0.25, -0.2) is 0 Å². The molecule has 10 rings (SSSR count). The highest BCUT2D eigenvalue weighted by atomic mass is 15.2. The molecule has 6 aromatic carbocycles. The van der Waals surface area contributed by atoms with Crippen LogP contribution in [0.15, 0.2) is 158 Å². The minimum Gasteiger partial charge on any atom is -0.311 e. The first kappa shape index (κ1) is 40.6. The van der Waals surface area contributed by atoms with Gasteiger partial charge in [0.2, 0.25) is 0 Å². The zero-order valence-corrected chi connectivity index (χ0v) is 38.9. The Balaban J connectivity index is 1.26. The third-order valence-electron chi connectivity index (χ3n) is 13.4. The lowest BCUT2D eigenvalue weighted by Gasteiger charge is -2.43. The SMILES string of the molecule is Cc1cc(C(C)(C)C)ccc1N(c1ccc2c(c1)N(c1ccccc1)c1cccc3c1B2c1cc2ccc(C(C)(C)C)cn2c1N3c1ccccc1)c1ccc(C(C)(C)C)cc1C. The summed E-state index contributed by atoms with van der Waals surface area (Å²) in [6.07, 6.45) is 2.38. The van der Waals surface area contributed by atoms with E-state index in [-0.39, 0.29) is 23.0 Å². The van der Waals surface area contributed by atoms with E-state index < -0.39 is 0 Å². The molecule has 0 fully saturated rings. The molecule has 314 valence electrons. The number of aromatic nitrogens is 1. The van der Waals surface area contributed by atoms with Crippen LogP contribution in [0, 0.1) is 13.8 Å². The van der Waals surface area contributed by atoms with Crippen LogP contribution in [0.4, 0.5) is 51.3 Å². The molecule has 0 bridgehead atoms. The van der Waals surface area contributed by atoms with Crippen molar-refractivity contribution < 1.29 is 0 Å². The van der Waals surface area contributed by atoms with Crippen LogP contribution >= 0.6 is 0 Å². The van der Waals surface area contributed by atoms with Gasteiger partial charge in [-0.1, -0.05) is 141 Å². The Kier molecular flexibility index (Phi) is 9.38. The number of hydrogen-bond acceptors (Lipinski definition) is 3. The summed E-state index contributed by atoms with van der Waals surface area (Å²) < 4.78 is 2.45. The highest BCUT2D eigenvalue weighted by molar-refractivity contribution is 7.00. The van der Waals surface area contributed by atoms with Gasteiger partial charge in [0.25, 0.3) is 6.71 Å². The lowest BCUT2D eigenvalue weighted by molar-refractivity contribution is 0.586. The predicted octanol–water partition coefficient (Wildman–Crippen LogP) is 14.0. The largest absolute Gasteiger partial charge is 0.311 e. The van der Waals surface area contributed by atoms with Gasteiger partial charge in [0.1, 0.15) is 5.82 Å². The number of rotatable bonds is 5. The third kappa shape index (κ3) is 6.75. The summed E-state index contributed by atoms with van der Waals surface area (Å²) in [6.45, 7) is 25.2. The molecule has 63 heavy (non-hydrogen) atoms. The smallest absolute Gasteiger partial charge is 0.254 e. The fourth-order valence-electron chi connectivity index (χ4n) is 9.97. The first-order valence-corrected chi connectivity index (χ1v) is 22.6. The van der Waals surface area contributed by atoms with Crippen molar-refractivity contribution in [2.24, 2.45) is 0 Å². The van der Waals surface area contributed by atoms with E-state index in [1.165, 1.54) is 84.0 Å². The maximum Gasteiger partial charge on any atom is 0.254 e. The molecule has 8 aromatic rings. The van der Waals surface area contributed by atoms with E-state index in [1.54, 1.807) is 0 Å². The molecule has 0 radical (unpaired) electrons. The Hall–Kier alpha value is -6.46. The molecule has 5 heteroatoms. The molecule has 0 unspecified atom stereocenters. The van der Waals surface area contributed by atoms with Crippen LogP contribution in [-0.2, 0) is 16.2 Å². The second-order valence-corrected chi connectivity index (χ2v) is 21.0. The van der Waals surface area contributed by atoms with Crippen LogP contribution in [0.3, 0.4) is 0 Å². The fourth-order valence-corrected chi connectivity index (χ4v) is 9.97. The number of aryl methyl sites for hydroxylation is 2. The quantitative estimate of drug-likeness (QED) is 0.161. The summed E-state index contributed by atoms with van der Waals surface area (Å²) >= 11 is 0. The first-order valence-electron chi connectivity index (χ1n) is 22.6. The maximum atomic E-state index is 2.51. The van der Waals surface area contributed by atoms with Crippen LogP contribution in [0.1, 0.15) is 90.1 Å². The van der Waals surface area contributed by atoms with Crippen molar-refractivity contribution >= 4 is 79.9 Å². The average molecular weight is 823 g/mol. The molecule has 2 aromatic heterocycles. The number of para-hydroxylation sites is 2. The predicted molar refractivity (Wildman–Crippen MR) is 272 cm³/mol. The van der Waals surface area contributed by atoms with Crippen LogP contribution in [-0.4, -0.2) is 11.1 Å².